The lowest BCUT2D eigenvalue weighted by Gasteiger charge is -2.09. The summed E-state index contributed by atoms with van der Waals surface area (Å²) in [5.74, 6) is -9.40. The lowest BCUT2D eigenvalue weighted by molar-refractivity contribution is -0.136. The molecule has 1 aromatic carbocycles. The number of carbonyl (C=O) groups is 2. The van der Waals surface area contributed by atoms with Crippen LogP contribution in [0.1, 0.15) is 19.3 Å². The van der Waals surface area contributed by atoms with Crippen LogP contribution in [0.3, 0.4) is 0 Å². The highest BCUT2D eigenvalue weighted by atomic mass is 19.2. The van der Waals surface area contributed by atoms with Gasteiger partial charge < -0.3 is 44.7 Å². The molecular formula is C26H37F5N4O9. The van der Waals surface area contributed by atoms with Crippen LogP contribution in [0.5, 0.6) is 5.75 Å². The molecule has 0 unspecified atom stereocenters. The summed E-state index contributed by atoms with van der Waals surface area (Å²) in [5.41, 5.74) is 0.499. The smallest absolute Gasteiger partial charge is 0.313 e. The van der Waals surface area contributed by atoms with Gasteiger partial charge in [0.25, 0.3) is 0 Å². The van der Waals surface area contributed by atoms with Crippen molar-refractivity contribution in [1.29, 1.82) is 0 Å². The minimum Gasteiger partial charge on any atom is -0.420 e. The van der Waals surface area contributed by atoms with Gasteiger partial charge in [-0.1, -0.05) is 0 Å². The molecule has 4 N–H and O–H groups in total. The van der Waals surface area contributed by atoms with Gasteiger partial charge >= 0.3 is 5.97 Å². The van der Waals surface area contributed by atoms with E-state index in [2.05, 4.69) is 20.1 Å². The number of rotatable bonds is 25. The highest BCUT2D eigenvalue weighted by Crippen LogP contribution is 2.29. The number of esters is 1. The van der Waals surface area contributed by atoms with Crippen LogP contribution < -0.4 is 15.9 Å². The molecule has 0 aliphatic carbocycles. The minimum atomic E-state index is -2.36. The predicted molar refractivity (Wildman–Crippen MR) is 145 cm³/mol. The van der Waals surface area contributed by atoms with Crippen LogP contribution >= 0.6 is 0 Å². The first kappa shape index (κ1) is 38.7. The quantitative estimate of drug-likeness (QED) is 0.0161. The number of hydrogen-bond donors (Lipinski definition) is 3. The van der Waals surface area contributed by atoms with Crippen LogP contribution in [0.15, 0.2) is 10.1 Å². The van der Waals surface area contributed by atoms with Crippen LogP contribution in [-0.4, -0.2) is 115 Å². The van der Waals surface area contributed by atoms with Crippen LogP contribution in [0, 0.1) is 29.1 Å². The molecule has 44 heavy (non-hydrogen) atoms. The van der Waals surface area contributed by atoms with Gasteiger partial charge in [-0.3, -0.25) is 14.6 Å². The maximum atomic E-state index is 13.5. The molecule has 0 atom stereocenters. The monoisotopic (exact) mass is 644 g/mol. The lowest BCUT2D eigenvalue weighted by atomic mass is 10.2. The molecule has 0 aromatic heterocycles. The van der Waals surface area contributed by atoms with Crippen LogP contribution in [0.25, 0.3) is 0 Å². The normalized spacial score (nSPS) is 11.8. The van der Waals surface area contributed by atoms with Crippen molar-refractivity contribution in [1.82, 2.24) is 5.32 Å². The number of nitrogens with one attached hydrogen (secondary N) is 1. The molecule has 0 saturated carbocycles. The molecule has 0 aliphatic rings. The molecule has 1 amide bonds. The SMILES string of the molecule is N/N=C(\C=NCCOCCOCCOCCNC(=O)CCOCCOCCC(=O)Oc1c(F)c(F)c(F)c(F)c1F)CCO. The van der Waals surface area contributed by atoms with E-state index in [1.165, 1.54) is 6.21 Å². The molecule has 1 aromatic rings. The number of amides is 1. The topological polar surface area (TPSA) is 173 Å². The van der Waals surface area contributed by atoms with Gasteiger partial charge in [0.15, 0.2) is 0 Å². The number of ether oxygens (including phenoxy) is 6. The van der Waals surface area contributed by atoms with E-state index in [0.717, 1.165) is 0 Å². The Morgan fingerprint density at radius 2 is 1.20 bits per heavy atom. The van der Waals surface area contributed by atoms with Crippen molar-refractivity contribution >= 4 is 23.8 Å². The van der Waals surface area contributed by atoms with Gasteiger partial charge in [0.2, 0.25) is 40.7 Å². The summed E-state index contributed by atoms with van der Waals surface area (Å²) in [6.07, 6.45) is 1.38. The van der Waals surface area contributed by atoms with Crippen molar-refractivity contribution < 1.29 is 65.1 Å². The molecule has 13 nitrogen and oxygen atoms in total. The van der Waals surface area contributed by atoms with E-state index in [-0.39, 0.29) is 52.0 Å². The number of aliphatic hydroxyl groups excluding tert-OH is 1. The predicted octanol–water partition coefficient (Wildman–Crippen LogP) is 1.03. The summed E-state index contributed by atoms with van der Waals surface area (Å²) in [6, 6.07) is 0. The number of halogens is 5. The number of nitrogens with two attached hydrogens (primary N) is 1. The van der Waals surface area contributed by atoms with Crippen molar-refractivity contribution in [2.24, 2.45) is 15.9 Å². The Bertz CT molecular complexity index is 1040. The Balaban J connectivity index is 1.92. The Kier molecular flexibility index (Phi) is 21.2. The third kappa shape index (κ3) is 16.5. The number of hydrogen-bond acceptors (Lipinski definition) is 12. The highest BCUT2D eigenvalue weighted by Gasteiger charge is 2.28. The molecular weight excluding hydrogens is 607 g/mol. The lowest BCUT2D eigenvalue weighted by Crippen LogP contribution is -2.28. The minimum absolute atomic E-state index is 0.00582. The first-order chi connectivity index (χ1) is 21.2. The fourth-order valence-electron chi connectivity index (χ4n) is 2.94. The Morgan fingerprint density at radius 3 is 1.77 bits per heavy atom. The van der Waals surface area contributed by atoms with Crippen molar-refractivity contribution in [3.05, 3.63) is 29.1 Å². The van der Waals surface area contributed by atoms with Gasteiger partial charge in [-0.05, 0) is 0 Å². The van der Waals surface area contributed by atoms with Gasteiger partial charge in [-0.15, -0.1) is 0 Å². The zero-order valence-electron chi connectivity index (χ0n) is 24.0. The van der Waals surface area contributed by atoms with E-state index in [1.54, 1.807) is 0 Å². The van der Waals surface area contributed by atoms with Crippen molar-refractivity contribution in [2.75, 3.05) is 85.8 Å². The molecule has 0 spiro atoms. The fourth-order valence-corrected chi connectivity index (χ4v) is 2.94. The van der Waals surface area contributed by atoms with E-state index in [1.807, 2.05) is 0 Å². The summed E-state index contributed by atoms with van der Waals surface area (Å²) in [4.78, 5) is 27.5. The van der Waals surface area contributed by atoms with Gasteiger partial charge in [0.05, 0.1) is 84.7 Å². The molecule has 0 heterocycles. The third-order valence-electron chi connectivity index (χ3n) is 5.13. The number of carbonyl (C=O) groups excluding carboxylic acids is 2. The number of benzene rings is 1. The largest absolute Gasteiger partial charge is 0.420 e. The standard InChI is InChI=1S/C26H37F5N4O9/c27-21-22(28)24(30)26(25(31)23(21)29)44-20(38)3-8-40-12-11-39-7-2-19(37)34-5-10-42-14-16-43-15-13-41-9-4-33-17-18(35-32)1-6-36/h17,36H,1-16,32H2,(H,34,37)/b33-17?,35-18-. The van der Waals surface area contributed by atoms with E-state index >= 15 is 0 Å². The summed E-state index contributed by atoms with van der Waals surface area (Å²) >= 11 is 0. The average molecular weight is 645 g/mol. The van der Waals surface area contributed by atoms with Gasteiger partial charge in [-0.2, -0.15) is 13.9 Å². The molecule has 1 rings (SSSR count). The number of nitrogens with zero attached hydrogens (tertiary/aromatic N) is 2. The zero-order chi connectivity index (χ0) is 32.6. The van der Waals surface area contributed by atoms with E-state index in [4.69, 9.17) is 34.6 Å². The zero-order valence-corrected chi connectivity index (χ0v) is 24.0. The summed E-state index contributed by atoms with van der Waals surface area (Å²) in [7, 11) is 0. The second-order valence-electron chi connectivity index (χ2n) is 8.41. The molecule has 0 aliphatic heterocycles. The van der Waals surface area contributed by atoms with E-state index in [9.17, 15) is 31.5 Å². The Morgan fingerprint density at radius 1 is 0.705 bits per heavy atom. The number of aliphatic imine (C=N–C) groups is 1. The maximum absolute atomic E-state index is 13.5. The highest BCUT2D eigenvalue weighted by molar-refractivity contribution is 6.30. The summed E-state index contributed by atoms with van der Waals surface area (Å²) in [5, 5.41) is 14.9. The average Bonchev–Trinajstić information content (AvgIpc) is 3.01. The molecule has 18 heteroatoms. The Labute approximate surface area is 250 Å². The molecule has 0 fully saturated rings. The van der Waals surface area contributed by atoms with Crippen LogP contribution in [0.2, 0.25) is 0 Å². The van der Waals surface area contributed by atoms with E-state index in [0.29, 0.717) is 58.3 Å². The number of aliphatic hydroxyl groups is 1. The third-order valence-corrected chi connectivity index (χ3v) is 5.13. The van der Waals surface area contributed by atoms with Crippen LogP contribution in [0.4, 0.5) is 22.0 Å². The summed E-state index contributed by atoms with van der Waals surface area (Å²) in [6.45, 7) is 2.70. The number of hydrazone groups is 1. The first-order valence-electron chi connectivity index (χ1n) is 13.5. The van der Waals surface area contributed by atoms with Gasteiger partial charge in [0.1, 0.15) is 0 Å². The van der Waals surface area contributed by atoms with Gasteiger partial charge in [0, 0.05) is 32.2 Å². The molecule has 0 saturated heterocycles. The Hall–Kier alpha value is -3.29. The van der Waals surface area contributed by atoms with Gasteiger partial charge in [-0.25, -0.2) is 13.2 Å². The maximum Gasteiger partial charge on any atom is 0.313 e. The van der Waals surface area contributed by atoms with E-state index < -0.39 is 47.2 Å². The molecule has 250 valence electrons. The van der Waals surface area contributed by atoms with Crippen LogP contribution in [-0.2, 0) is 33.3 Å². The van der Waals surface area contributed by atoms with Crippen molar-refractivity contribution in [3.8, 4) is 5.75 Å². The second-order valence-corrected chi connectivity index (χ2v) is 8.41. The fraction of sp³-hybridized carbons (Fsp3) is 0.615. The molecule has 0 radical (unpaired) electrons. The summed E-state index contributed by atoms with van der Waals surface area (Å²) < 4.78 is 96.9. The van der Waals surface area contributed by atoms with Crippen molar-refractivity contribution in [3.63, 3.8) is 0 Å². The molecule has 0 bridgehead atoms. The van der Waals surface area contributed by atoms with Crippen molar-refractivity contribution in [2.45, 2.75) is 19.3 Å². The first-order valence-corrected chi connectivity index (χ1v) is 13.5. The second kappa shape index (κ2) is 24.1.